The molecule has 1 amide bonds. The smallest absolute Gasteiger partial charge is 0.216 e. The number of carbonyl (C=O) groups is 1. The lowest BCUT2D eigenvalue weighted by atomic mass is 9.43. The van der Waals surface area contributed by atoms with E-state index in [1.54, 1.807) is 6.92 Å². The van der Waals surface area contributed by atoms with Crippen LogP contribution < -0.4 is 5.32 Å². The normalized spacial score (nSPS) is 45.4. The minimum atomic E-state index is 0.134. The molecule has 0 aromatic heterocycles. The van der Waals surface area contributed by atoms with Gasteiger partial charge in [-0.25, -0.2) is 0 Å². The van der Waals surface area contributed by atoms with Gasteiger partial charge in [-0.1, -0.05) is 34.1 Å². The highest BCUT2D eigenvalue weighted by Gasteiger charge is 2.56. The van der Waals surface area contributed by atoms with Crippen molar-refractivity contribution in [2.24, 2.45) is 40.4 Å². The molecule has 0 saturated heterocycles. The van der Waals surface area contributed by atoms with Crippen molar-refractivity contribution in [2.45, 2.75) is 86.0 Å². The van der Waals surface area contributed by atoms with Gasteiger partial charge in [-0.3, -0.25) is 4.79 Å². The van der Waals surface area contributed by atoms with Crippen LogP contribution in [0.25, 0.3) is 0 Å². The molecule has 2 heteroatoms. The molecule has 0 aliphatic heterocycles. The fraction of sp³-hybridized carbons (Fsp3) is 0.955. The van der Waals surface area contributed by atoms with Crippen molar-refractivity contribution in [2.75, 3.05) is 6.54 Å². The Morgan fingerprint density at radius 1 is 1.12 bits per heavy atom. The molecule has 0 radical (unpaired) electrons. The molecule has 3 rings (SSSR count). The molecular formula is C22H39NO. The van der Waals surface area contributed by atoms with E-state index in [0.717, 1.165) is 36.1 Å². The number of rotatable bonds is 3. The van der Waals surface area contributed by atoms with E-state index in [1.165, 1.54) is 51.4 Å². The molecule has 0 heterocycles. The van der Waals surface area contributed by atoms with Crippen molar-refractivity contribution in [3.05, 3.63) is 0 Å². The summed E-state index contributed by atoms with van der Waals surface area (Å²) < 4.78 is 0. The Hall–Kier alpha value is -0.530. The lowest BCUT2D eigenvalue weighted by molar-refractivity contribution is -0.129. The van der Waals surface area contributed by atoms with Gasteiger partial charge in [0.15, 0.2) is 0 Å². The summed E-state index contributed by atoms with van der Waals surface area (Å²) in [5, 5.41) is 3.16. The maximum absolute atomic E-state index is 11.5. The van der Waals surface area contributed by atoms with Gasteiger partial charge in [0.05, 0.1) is 0 Å². The Labute approximate surface area is 149 Å². The molecule has 5 unspecified atom stereocenters. The van der Waals surface area contributed by atoms with E-state index in [0.29, 0.717) is 10.8 Å². The van der Waals surface area contributed by atoms with Crippen LogP contribution in [0.4, 0.5) is 0 Å². The summed E-state index contributed by atoms with van der Waals surface area (Å²) in [7, 11) is 0. The molecule has 0 aromatic rings. The zero-order valence-electron chi connectivity index (χ0n) is 16.7. The number of hydrogen-bond donors (Lipinski definition) is 1. The third-order valence-corrected chi connectivity index (χ3v) is 8.48. The molecule has 3 fully saturated rings. The van der Waals surface area contributed by atoms with Gasteiger partial charge in [-0.2, -0.15) is 0 Å². The second-order valence-electron chi connectivity index (χ2n) is 10.2. The molecule has 6 atom stereocenters. The van der Waals surface area contributed by atoms with Gasteiger partial charge in [0.25, 0.3) is 0 Å². The van der Waals surface area contributed by atoms with Gasteiger partial charge in [-0.15, -0.1) is 0 Å². The first-order valence-electron chi connectivity index (χ1n) is 10.5. The van der Waals surface area contributed by atoms with E-state index in [-0.39, 0.29) is 5.91 Å². The van der Waals surface area contributed by atoms with Crippen LogP contribution in [0.1, 0.15) is 86.0 Å². The van der Waals surface area contributed by atoms with Gasteiger partial charge in [0.2, 0.25) is 5.91 Å². The Balaban J connectivity index is 1.78. The second kappa shape index (κ2) is 6.65. The number of carbonyl (C=O) groups excluding carboxylic acids is 1. The molecule has 0 spiro atoms. The number of nitrogens with one attached hydrogen (secondary N) is 1. The lowest BCUT2D eigenvalue weighted by Crippen LogP contribution is -2.56. The van der Waals surface area contributed by atoms with Crippen molar-refractivity contribution in [3.63, 3.8) is 0 Å². The fourth-order valence-electron chi connectivity index (χ4n) is 7.15. The second-order valence-corrected chi connectivity index (χ2v) is 10.2. The Morgan fingerprint density at radius 2 is 1.88 bits per heavy atom. The van der Waals surface area contributed by atoms with E-state index in [4.69, 9.17) is 0 Å². The summed E-state index contributed by atoms with van der Waals surface area (Å²) in [5.41, 5.74) is 0.814. The van der Waals surface area contributed by atoms with E-state index in [1.807, 2.05) is 0 Å². The maximum Gasteiger partial charge on any atom is 0.216 e. The van der Waals surface area contributed by atoms with Crippen molar-refractivity contribution in [1.82, 2.24) is 5.32 Å². The van der Waals surface area contributed by atoms with Crippen molar-refractivity contribution in [3.8, 4) is 0 Å². The first kappa shape index (κ1) is 18.3. The highest BCUT2D eigenvalue weighted by atomic mass is 16.1. The predicted octanol–water partition coefficient (Wildman–Crippen LogP) is 5.42. The average molecular weight is 334 g/mol. The van der Waals surface area contributed by atoms with Gasteiger partial charge < -0.3 is 5.32 Å². The number of amides is 1. The third kappa shape index (κ3) is 3.15. The van der Waals surface area contributed by atoms with Crippen molar-refractivity contribution < 1.29 is 4.79 Å². The first-order chi connectivity index (χ1) is 11.3. The Bertz CT molecular complexity index is 473. The summed E-state index contributed by atoms with van der Waals surface area (Å²) in [5.74, 6) is 4.64. The summed E-state index contributed by atoms with van der Waals surface area (Å²) in [6.45, 7) is 12.5. The van der Waals surface area contributed by atoms with Gasteiger partial charge in [-0.05, 0) is 85.4 Å². The molecule has 1 N–H and O–H groups in total. The van der Waals surface area contributed by atoms with Gasteiger partial charge in [0, 0.05) is 13.5 Å². The first-order valence-corrected chi connectivity index (χ1v) is 10.5. The minimum Gasteiger partial charge on any atom is -0.356 e. The molecule has 0 bridgehead atoms. The van der Waals surface area contributed by atoms with Crippen LogP contribution in [-0.4, -0.2) is 12.5 Å². The fourth-order valence-corrected chi connectivity index (χ4v) is 7.15. The number of fused-ring (bicyclic) bond motifs is 3. The topological polar surface area (TPSA) is 29.1 Å². The van der Waals surface area contributed by atoms with Crippen LogP contribution >= 0.6 is 0 Å². The van der Waals surface area contributed by atoms with Crippen molar-refractivity contribution >= 4 is 5.91 Å². The molecule has 3 aliphatic rings. The maximum atomic E-state index is 11.5. The van der Waals surface area contributed by atoms with Crippen LogP contribution in [0.2, 0.25) is 0 Å². The monoisotopic (exact) mass is 333 g/mol. The quantitative estimate of drug-likeness (QED) is 0.734. The van der Waals surface area contributed by atoms with E-state index in [2.05, 4.69) is 33.0 Å². The molecule has 24 heavy (non-hydrogen) atoms. The van der Waals surface area contributed by atoms with Crippen LogP contribution in [0, 0.1) is 40.4 Å². The highest BCUT2D eigenvalue weighted by molar-refractivity contribution is 5.72. The van der Waals surface area contributed by atoms with Crippen LogP contribution in [0.5, 0.6) is 0 Å². The third-order valence-electron chi connectivity index (χ3n) is 8.48. The lowest BCUT2D eigenvalue weighted by Gasteiger charge is -2.62. The van der Waals surface area contributed by atoms with E-state index in [9.17, 15) is 4.79 Å². The van der Waals surface area contributed by atoms with Crippen LogP contribution in [-0.2, 0) is 4.79 Å². The molecule has 0 aromatic carbocycles. The molecular weight excluding hydrogens is 294 g/mol. The molecule has 3 saturated carbocycles. The highest BCUT2D eigenvalue weighted by Crippen LogP contribution is 2.64. The van der Waals surface area contributed by atoms with Crippen molar-refractivity contribution in [1.29, 1.82) is 0 Å². The Kier molecular flexibility index (Phi) is 5.06. The van der Waals surface area contributed by atoms with E-state index >= 15 is 0 Å². The standard InChI is InChI=1S/C22H39NO/c1-15(2)17-7-9-19-18(13-17)8-10-20-21(4,14-23-16(3)24)11-6-12-22(19,20)5/h15,17-20H,6-14H2,1-5H3,(H,23,24)/t17?,18?,19?,20?,21?,22-/m1/s1. The van der Waals surface area contributed by atoms with Gasteiger partial charge in [0.1, 0.15) is 0 Å². The largest absolute Gasteiger partial charge is 0.356 e. The summed E-state index contributed by atoms with van der Waals surface area (Å²) in [6, 6.07) is 0. The Morgan fingerprint density at radius 3 is 2.54 bits per heavy atom. The van der Waals surface area contributed by atoms with Crippen LogP contribution in [0.15, 0.2) is 0 Å². The zero-order valence-corrected chi connectivity index (χ0v) is 16.7. The zero-order chi connectivity index (χ0) is 17.5. The van der Waals surface area contributed by atoms with Crippen LogP contribution in [0.3, 0.4) is 0 Å². The molecule has 2 nitrogen and oxygen atoms in total. The molecule has 138 valence electrons. The predicted molar refractivity (Wildman–Crippen MR) is 101 cm³/mol. The number of hydrogen-bond acceptors (Lipinski definition) is 1. The minimum absolute atomic E-state index is 0.134. The van der Waals surface area contributed by atoms with Gasteiger partial charge >= 0.3 is 0 Å². The summed E-state index contributed by atoms with van der Waals surface area (Å²) in [6.07, 6.45) is 11.3. The molecule has 3 aliphatic carbocycles. The summed E-state index contributed by atoms with van der Waals surface area (Å²) in [4.78, 5) is 11.5. The summed E-state index contributed by atoms with van der Waals surface area (Å²) >= 11 is 0. The van der Waals surface area contributed by atoms with E-state index < -0.39 is 0 Å². The average Bonchev–Trinajstić information content (AvgIpc) is 2.52. The SMILES string of the molecule is CC(=O)NCC1(C)CCC[C@]2(C)C3CCC(C(C)C)CC3CCC12.